The zero-order valence-electron chi connectivity index (χ0n) is 15.4. The molecule has 0 aromatic heterocycles. The molecule has 0 bridgehead atoms. The molecule has 0 aliphatic carbocycles. The SMILES string of the molecule is CCOC(=O)[C@H]1CC2(CC[NH+](Cc3ccccc3)CC2)[NH+]2CCC[C@@H]12. The molecule has 4 nitrogen and oxygen atoms in total. The first-order chi connectivity index (χ1) is 12.2. The monoisotopic (exact) mass is 344 g/mol. The van der Waals surface area contributed by atoms with E-state index >= 15 is 0 Å². The van der Waals surface area contributed by atoms with E-state index in [1.807, 2.05) is 6.92 Å². The van der Waals surface area contributed by atoms with E-state index in [1.54, 1.807) is 9.80 Å². The van der Waals surface area contributed by atoms with Gasteiger partial charge in [-0.15, -0.1) is 0 Å². The molecule has 0 saturated carbocycles. The lowest BCUT2D eigenvalue weighted by molar-refractivity contribution is -0.981. The normalized spacial score (nSPS) is 37.2. The number of fused-ring (bicyclic) bond motifs is 2. The van der Waals surface area contributed by atoms with Crippen LogP contribution in [-0.2, 0) is 16.1 Å². The van der Waals surface area contributed by atoms with Crippen molar-refractivity contribution < 1.29 is 19.3 Å². The number of esters is 1. The standard InChI is InChI=1S/C21H30N2O2/c1-2-25-20(24)18-15-21(23-12-6-9-19(18)23)10-13-22(14-11-21)16-17-7-4-3-5-8-17/h3-5,7-8,18-19H,2,6,9-16H2,1H3/p+2/t18-,19-/m0/s1. The molecule has 3 aliphatic rings. The lowest BCUT2D eigenvalue weighted by Gasteiger charge is -2.40. The zero-order chi connectivity index (χ0) is 17.3. The van der Waals surface area contributed by atoms with Crippen LogP contribution >= 0.6 is 0 Å². The van der Waals surface area contributed by atoms with Crippen molar-refractivity contribution in [2.45, 2.75) is 57.2 Å². The van der Waals surface area contributed by atoms with Crippen molar-refractivity contribution in [1.29, 1.82) is 0 Å². The van der Waals surface area contributed by atoms with Gasteiger partial charge in [0.1, 0.15) is 24.0 Å². The molecule has 0 amide bonds. The maximum Gasteiger partial charge on any atom is 0.315 e. The van der Waals surface area contributed by atoms with E-state index in [0.717, 1.165) is 13.0 Å². The van der Waals surface area contributed by atoms with Crippen LogP contribution in [0.15, 0.2) is 30.3 Å². The number of carbonyl (C=O) groups excluding carboxylic acids is 1. The minimum Gasteiger partial charge on any atom is -0.466 e. The lowest BCUT2D eigenvalue weighted by Crippen LogP contribution is -3.23. The van der Waals surface area contributed by atoms with Crippen molar-refractivity contribution in [3.8, 4) is 0 Å². The van der Waals surface area contributed by atoms with Crippen molar-refractivity contribution in [3.63, 3.8) is 0 Å². The summed E-state index contributed by atoms with van der Waals surface area (Å²) in [6.45, 7) is 7.31. The van der Waals surface area contributed by atoms with Gasteiger partial charge in [-0.2, -0.15) is 0 Å². The molecule has 1 unspecified atom stereocenters. The highest BCUT2D eigenvalue weighted by molar-refractivity contribution is 5.73. The highest BCUT2D eigenvalue weighted by atomic mass is 16.5. The summed E-state index contributed by atoms with van der Waals surface area (Å²) in [4.78, 5) is 15.9. The van der Waals surface area contributed by atoms with Gasteiger partial charge in [0.25, 0.3) is 0 Å². The number of nitrogens with one attached hydrogen (secondary N) is 2. The van der Waals surface area contributed by atoms with Gasteiger partial charge in [-0.3, -0.25) is 4.79 Å². The number of quaternary nitrogens is 2. The van der Waals surface area contributed by atoms with Crippen molar-refractivity contribution >= 4 is 5.97 Å². The van der Waals surface area contributed by atoms with E-state index in [0.29, 0.717) is 18.2 Å². The molecule has 0 radical (unpaired) electrons. The number of hydrogen-bond donors (Lipinski definition) is 2. The van der Waals surface area contributed by atoms with Crippen molar-refractivity contribution in [1.82, 2.24) is 0 Å². The molecule has 4 rings (SSSR count). The number of ether oxygens (including phenoxy) is 1. The Morgan fingerprint density at radius 1 is 1.20 bits per heavy atom. The third kappa shape index (κ3) is 3.22. The number of carbonyl (C=O) groups is 1. The average Bonchev–Trinajstić information content (AvgIpc) is 3.22. The topological polar surface area (TPSA) is 35.2 Å². The van der Waals surface area contributed by atoms with Crippen LogP contribution in [0.25, 0.3) is 0 Å². The fourth-order valence-corrected chi connectivity index (χ4v) is 5.83. The van der Waals surface area contributed by atoms with Gasteiger partial charge in [-0.05, 0) is 6.92 Å². The van der Waals surface area contributed by atoms with Crippen LogP contribution in [0, 0.1) is 5.92 Å². The molecule has 1 spiro atoms. The molecule has 2 N–H and O–H groups in total. The van der Waals surface area contributed by atoms with Gasteiger partial charge in [0.05, 0.1) is 39.1 Å². The zero-order valence-corrected chi connectivity index (χ0v) is 15.4. The van der Waals surface area contributed by atoms with Gasteiger partial charge in [0.2, 0.25) is 0 Å². The van der Waals surface area contributed by atoms with Crippen LogP contribution in [0.5, 0.6) is 0 Å². The maximum atomic E-state index is 12.5. The van der Waals surface area contributed by atoms with Gasteiger partial charge >= 0.3 is 5.97 Å². The van der Waals surface area contributed by atoms with Crippen molar-refractivity contribution in [2.24, 2.45) is 5.92 Å². The van der Waals surface area contributed by atoms with Gasteiger partial charge in [-0.25, -0.2) is 0 Å². The summed E-state index contributed by atoms with van der Waals surface area (Å²) in [7, 11) is 0. The first-order valence-electron chi connectivity index (χ1n) is 10.1. The Morgan fingerprint density at radius 2 is 1.96 bits per heavy atom. The minimum atomic E-state index is 0.0721. The van der Waals surface area contributed by atoms with Crippen LogP contribution in [0.2, 0.25) is 0 Å². The summed E-state index contributed by atoms with van der Waals surface area (Å²) in [5, 5.41) is 0. The molecule has 136 valence electrons. The number of likely N-dealkylation sites (tertiary alicyclic amines) is 1. The number of benzene rings is 1. The van der Waals surface area contributed by atoms with Gasteiger partial charge in [0.15, 0.2) is 0 Å². The van der Waals surface area contributed by atoms with Crippen molar-refractivity contribution in [3.05, 3.63) is 35.9 Å². The third-order valence-corrected chi connectivity index (χ3v) is 6.99. The molecular formula is C21H32N2O2+2. The van der Waals surface area contributed by atoms with E-state index < -0.39 is 0 Å². The molecular weight excluding hydrogens is 312 g/mol. The molecule has 3 aliphatic heterocycles. The van der Waals surface area contributed by atoms with Crippen LogP contribution < -0.4 is 9.80 Å². The predicted octanol–water partition coefficient (Wildman–Crippen LogP) is 0.234. The molecule has 3 heterocycles. The number of piperidine rings is 1. The molecule has 1 aromatic rings. The van der Waals surface area contributed by atoms with Crippen LogP contribution in [0.3, 0.4) is 0 Å². The second-order valence-electron chi connectivity index (χ2n) is 8.28. The largest absolute Gasteiger partial charge is 0.466 e. The second kappa shape index (κ2) is 7.08. The highest BCUT2D eigenvalue weighted by Gasteiger charge is 2.61. The quantitative estimate of drug-likeness (QED) is 0.768. The number of rotatable bonds is 4. The van der Waals surface area contributed by atoms with E-state index in [2.05, 4.69) is 30.3 Å². The summed E-state index contributed by atoms with van der Waals surface area (Å²) in [6, 6.07) is 11.4. The van der Waals surface area contributed by atoms with E-state index in [-0.39, 0.29) is 11.9 Å². The Labute approximate surface area is 151 Å². The average molecular weight is 344 g/mol. The Morgan fingerprint density at radius 3 is 2.68 bits per heavy atom. The molecule has 3 saturated heterocycles. The van der Waals surface area contributed by atoms with Crippen LogP contribution in [0.1, 0.15) is 44.6 Å². The summed E-state index contributed by atoms with van der Waals surface area (Å²) in [6.07, 6.45) is 6.07. The fourth-order valence-electron chi connectivity index (χ4n) is 5.83. The van der Waals surface area contributed by atoms with Crippen LogP contribution in [-0.4, -0.2) is 43.8 Å². The Balaban J connectivity index is 1.42. The fraction of sp³-hybridized carbons (Fsp3) is 0.667. The third-order valence-electron chi connectivity index (χ3n) is 6.99. The molecule has 3 atom stereocenters. The smallest absolute Gasteiger partial charge is 0.315 e. The maximum absolute atomic E-state index is 12.5. The summed E-state index contributed by atoms with van der Waals surface area (Å²) >= 11 is 0. The molecule has 1 aromatic carbocycles. The van der Waals surface area contributed by atoms with Crippen LogP contribution in [0.4, 0.5) is 0 Å². The van der Waals surface area contributed by atoms with Gasteiger partial charge < -0.3 is 14.5 Å². The van der Waals surface area contributed by atoms with E-state index in [1.165, 1.54) is 50.9 Å². The van der Waals surface area contributed by atoms with E-state index in [4.69, 9.17) is 4.74 Å². The first kappa shape index (κ1) is 17.0. The second-order valence-corrected chi connectivity index (χ2v) is 8.28. The van der Waals surface area contributed by atoms with Gasteiger partial charge in [-0.1, -0.05) is 30.3 Å². The summed E-state index contributed by atoms with van der Waals surface area (Å²) in [5.74, 6) is 0.218. The summed E-state index contributed by atoms with van der Waals surface area (Å²) in [5.41, 5.74) is 1.79. The lowest BCUT2D eigenvalue weighted by atomic mass is 9.81. The minimum absolute atomic E-state index is 0.0721. The van der Waals surface area contributed by atoms with Gasteiger partial charge in [0, 0.05) is 24.8 Å². The highest BCUT2D eigenvalue weighted by Crippen LogP contribution is 2.35. The van der Waals surface area contributed by atoms with E-state index in [9.17, 15) is 4.79 Å². The molecule has 4 heteroatoms. The molecule has 3 fully saturated rings. The Kier molecular flexibility index (Phi) is 4.83. The summed E-state index contributed by atoms with van der Waals surface area (Å²) < 4.78 is 5.41. The number of hydrogen-bond acceptors (Lipinski definition) is 2. The molecule has 25 heavy (non-hydrogen) atoms. The first-order valence-corrected chi connectivity index (χ1v) is 10.1. The Hall–Kier alpha value is -1.39. The Bertz CT molecular complexity index is 595. The predicted molar refractivity (Wildman–Crippen MR) is 96.4 cm³/mol. The van der Waals surface area contributed by atoms with Crippen molar-refractivity contribution in [2.75, 3.05) is 26.2 Å².